The average molecular weight is 280 g/mol. The molecule has 0 amide bonds. The number of methoxy groups -OCH3 is 1. The number of nitrogens with one attached hydrogen (secondary N) is 1. The second-order valence-corrected chi connectivity index (χ2v) is 4.78. The van der Waals surface area contributed by atoms with Crippen LogP contribution in [-0.4, -0.2) is 45.5 Å². The summed E-state index contributed by atoms with van der Waals surface area (Å²) in [5, 5.41) is 16.3. The smallest absolute Gasteiger partial charge is 0.215 e. The quantitative estimate of drug-likeness (QED) is 0.740. The molecule has 0 unspecified atom stereocenters. The molecule has 0 saturated carbocycles. The van der Waals surface area contributed by atoms with Gasteiger partial charge in [0.25, 0.3) is 0 Å². The van der Waals surface area contributed by atoms with Crippen molar-refractivity contribution < 1.29 is 4.74 Å². The number of nitrogens with zero attached hydrogens (tertiary/aromatic N) is 5. The number of aryl methyl sites for hydroxylation is 1. The Morgan fingerprint density at radius 2 is 2.37 bits per heavy atom. The highest BCUT2D eigenvalue weighted by molar-refractivity contribution is 7.99. The Bertz CT molecular complexity index is 517. The van der Waals surface area contributed by atoms with E-state index in [4.69, 9.17) is 4.74 Å². The lowest BCUT2D eigenvalue weighted by atomic mass is 10.3. The summed E-state index contributed by atoms with van der Waals surface area (Å²) in [5.41, 5.74) is 1.12. The maximum Gasteiger partial charge on any atom is 0.215 e. The van der Waals surface area contributed by atoms with E-state index in [2.05, 4.69) is 25.8 Å². The lowest BCUT2D eigenvalue weighted by molar-refractivity contribution is 0.199. The van der Waals surface area contributed by atoms with Gasteiger partial charge in [-0.3, -0.25) is 0 Å². The fourth-order valence-electron chi connectivity index (χ4n) is 1.44. The van der Waals surface area contributed by atoms with Crippen LogP contribution in [0.25, 0.3) is 0 Å². The molecular weight excluding hydrogens is 264 g/mol. The van der Waals surface area contributed by atoms with E-state index in [9.17, 15) is 0 Å². The largest absolute Gasteiger partial charge is 0.383 e. The minimum Gasteiger partial charge on any atom is -0.383 e. The van der Waals surface area contributed by atoms with Gasteiger partial charge in [-0.1, -0.05) is 6.07 Å². The molecule has 8 heteroatoms. The molecule has 0 aliphatic heterocycles. The summed E-state index contributed by atoms with van der Waals surface area (Å²) in [6, 6.07) is 3.96. The molecule has 0 radical (unpaired) electrons. The van der Waals surface area contributed by atoms with E-state index in [1.54, 1.807) is 18.0 Å². The molecule has 102 valence electrons. The first-order chi connectivity index (χ1) is 9.31. The predicted molar refractivity (Wildman–Crippen MR) is 70.7 cm³/mol. The van der Waals surface area contributed by atoms with E-state index < -0.39 is 0 Å². The lowest BCUT2D eigenvalue weighted by Crippen LogP contribution is -2.19. The van der Waals surface area contributed by atoms with Crippen LogP contribution in [0, 0.1) is 0 Å². The summed E-state index contributed by atoms with van der Waals surface area (Å²) < 4.78 is 6.62. The molecule has 2 heterocycles. The maximum absolute atomic E-state index is 5.00. The van der Waals surface area contributed by atoms with Gasteiger partial charge in [0.15, 0.2) is 0 Å². The Hall–Kier alpha value is -1.51. The number of hydrogen-bond donors (Lipinski definition) is 1. The van der Waals surface area contributed by atoms with Crippen LogP contribution in [0.5, 0.6) is 0 Å². The van der Waals surface area contributed by atoms with Gasteiger partial charge in [0.2, 0.25) is 5.16 Å². The molecule has 0 saturated heterocycles. The second kappa shape index (κ2) is 7.17. The molecule has 0 aliphatic rings. The Kier molecular flexibility index (Phi) is 5.25. The van der Waals surface area contributed by atoms with Crippen LogP contribution in [0.2, 0.25) is 0 Å². The summed E-state index contributed by atoms with van der Waals surface area (Å²) >= 11 is 1.46. The molecule has 0 fully saturated rings. The van der Waals surface area contributed by atoms with Crippen LogP contribution in [0.1, 0.15) is 5.56 Å². The first-order valence-corrected chi connectivity index (χ1v) is 6.66. The average Bonchev–Trinajstić information content (AvgIpc) is 2.82. The molecule has 2 rings (SSSR count). The van der Waals surface area contributed by atoms with Crippen LogP contribution < -0.4 is 5.32 Å². The van der Waals surface area contributed by atoms with Gasteiger partial charge >= 0.3 is 0 Å². The van der Waals surface area contributed by atoms with Crippen molar-refractivity contribution in [2.75, 3.05) is 20.3 Å². The van der Waals surface area contributed by atoms with Crippen LogP contribution >= 0.6 is 11.8 Å². The lowest BCUT2D eigenvalue weighted by Gasteiger charge is -2.08. The van der Waals surface area contributed by atoms with Crippen molar-refractivity contribution in [2.24, 2.45) is 7.05 Å². The third-order valence-electron chi connectivity index (χ3n) is 2.42. The molecular formula is C11H16N6OS. The van der Waals surface area contributed by atoms with Crippen molar-refractivity contribution in [3.05, 3.63) is 23.9 Å². The van der Waals surface area contributed by atoms with E-state index in [0.717, 1.165) is 28.8 Å². The molecule has 7 nitrogen and oxygen atoms in total. The standard InChI is InChI=1S/C11H16N6OS/c1-17-11(14-15-16-17)19-10-9(4-3-5-13-10)8-12-6-7-18-2/h3-5,12H,6-8H2,1-2H3. The van der Waals surface area contributed by atoms with Crippen LogP contribution in [0.3, 0.4) is 0 Å². The molecule has 2 aromatic heterocycles. The number of aromatic nitrogens is 5. The van der Waals surface area contributed by atoms with Gasteiger partial charge < -0.3 is 10.1 Å². The number of ether oxygens (including phenoxy) is 1. The van der Waals surface area contributed by atoms with Crippen molar-refractivity contribution in [1.29, 1.82) is 0 Å². The van der Waals surface area contributed by atoms with Crippen molar-refractivity contribution in [2.45, 2.75) is 16.7 Å². The van der Waals surface area contributed by atoms with E-state index >= 15 is 0 Å². The third kappa shape index (κ3) is 3.98. The Morgan fingerprint density at radius 3 is 3.11 bits per heavy atom. The first kappa shape index (κ1) is 13.9. The zero-order chi connectivity index (χ0) is 13.5. The van der Waals surface area contributed by atoms with Crippen molar-refractivity contribution in [3.63, 3.8) is 0 Å². The van der Waals surface area contributed by atoms with E-state index in [1.807, 2.05) is 19.2 Å². The topological polar surface area (TPSA) is 77.8 Å². The van der Waals surface area contributed by atoms with E-state index in [-0.39, 0.29) is 0 Å². The Morgan fingerprint density at radius 1 is 1.47 bits per heavy atom. The van der Waals surface area contributed by atoms with Crippen molar-refractivity contribution in [1.82, 2.24) is 30.5 Å². The number of rotatable bonds is 7. The number of pyridine rings is 1. The normalized spacial score (nSPS) is 10.8. The Labute approximate surface area is 115 Å². The van der Waals surface area contributed by atoms with Crippen LogP contribution in [-0.2, 0) is 18.3 Å². The maximum atomic E-state index is 5.00. The number of hydrogen-bond acceptors (Lipinski definition) is 7. The first-order valence-electron chi connectivity index (χ1n) is 5.85. The van der Waals surface area contributed by atoms with Gasteiger partial charge in [-0.15, -0.1) is 5.10 Å². The fourth-order valence-corrected chi connectivity index (χ4v) is 2.25. The molecule has 0 atom stereocenters. The molecule has 0 bridgehead atoms. The van der Waals surface area contributed by atoms with Gasteiger partial charge in [-0.2, -0.15) is 0 Å². The third-order valence-corrected chi connectivity index (χ3v) is 3.51. The summed E-state index contributed by atoms with van der Waals surface area (Å²) in [7, 11) is 3.50. The molecule has 0 aromatic carbocycles. The minimum absolute atomic E-state index is 0.690. The number of tetrazole rings is 1. The van der Waals surface area contributed by atoms with Crippen LogP contribution in [0.15, 0.2) is 28.5 Å². The monoisotopic (exact) mass is 280 g/mol. The zero-order valence-corrected chi connectivity index (χ0v) is 11.7. The highest BCUT2D eigenvalue weighted by Crippen LogP contribution is 2.25. The van der Waals surface area contributed by atoms with E-state index in [0.29, 0.717) is 6.61 Å². The van der Waals surface area contributed by atoms with Crippen molar-refractivity contribution >= 4 is 11.8 Å². The van der Waals surface area contributed by atoms with Gasteiger partial charge in [0, 0.05) is 33.4 Å². The highest BCUT2D eigenvalue weighted by atomic mass is 32.2. The SMILES string of the molecule is COCCNCc1cccnc1Sc1nnnn1C. The molecule has 2 aromatic rings. The second-order valence-electron chi connectivity index (χ2n) is 3.82. The fraction of sp³-hybridized carbons (Fsp3) is 0.455. The molecule has 1 N–H and O–H groups in total. The minimum atomic E-state index is 0.690. The predicted octanol–water partition coefficient (Wildman–Crippen LogP) is 0.492. The van der Waals surface area contributed by atoms with Gasteiger partial charge in [0.1, 0.15) is 5.03 Å². The summed E-state index contributed by atoms with van der Waals surface area (Å²) in [4.78, 5) is 4.38. The van der Waals surface area contributed by atoms with Gasteiger partial charge in [-0.25, -0.2) is 9.67 Å². The summed E-state index contributed by atoms with van der Waals surface area (Å²) in [5.74, 6) is 0. The molecule has 0 aliphatic carbocycles. The van der Waals surface area contributed by atoms with Crippen LogP contribution in [0.4, 0.5) is 0 Å². The highest BCUT2D eigenvalue weighted by Gasteiger charge is 2.09. The molecule has 0 spiro atoms. The summed E-state index contributed by atoms with van der Waals surface area (Å²) in [6.07, 6.45) is 1.77. The van der Waals surface area contributed by atoms with Crippen molar-refractivity contribution in [3.8, 4) is 0 Å². The zero-order valence-electron chi connectivity index (χ0n) is 10.9. The Balaban J connectivity index is 2.02. The summed E-state index contributed by atoms with van der Waals surface area (Å²) in [6.45, 7) is 2.24. The van der Waals surface area contributed by atoms with Gasteiger partial charge in [0.05, 0.1) is 6.61 Å². The van der Waals surface area contributed by atoms with E-state index in [1.165, 1.54) is 11.8 Å². The van der Waals surface area contributed by atoms with Gasteiger partial charge in [-0.05, 0) is 33.8 Å². The molecule has 19 heavy (non-hydrogen) atoms.